The Morgan fingerprint density at radius 1 is 1.44 bits per heavy atom. The lowest BCUT2D eigenvalue weighted by Gasteiger charge is -2.02. The number of halogens is 1. The Kier molecular flexibility index (Phi) is 3.94. The molecular weight excluding hydrogens is 278 g/mol. The van der Waals surface area contributed by atoms with E-state index >= 15 is 0 Å². The molecule has 0 amide bonds. The van der Waals surface area contributed by atoms with Crippen molar-refractivity contribution in [3.8, 4) is 0 Å². The van der Waals surface area contributed by atoms with Crippen LogP contribution >= 0.6 is 10.7 Å². The molecule has 1 heterocycles. The van der Waals surface area contributed by atoms with Gasteiger partial charge in [-0.3, -0.25) is 4.68 Å². The molecule has 0 aromatic carbocycles. The third-order valence-electron chi connectivity index (χ3n) is 1.63. The van der Waals surface area contributed by atoms with Crippen molar-refractivity contribution in [2.45, 2.75) is 4.90 Å². The van der Waals surface area contributed by atoms with Gasteiger partial charge in [-0.15, -0.1) is 0 Å². The SMILES string of the molecule is Cn1cc(S(=O)(=O)NCCS(=O)(=O)Cl)cn1. The zero-order valence-corrected chi connectivity index (χ0v) is 10.7. The first kappa shape index (κ1) is 13.4. The second-order valence-electron chi connectivity index (χ2n) is 2.99. The number of nitrogens with one attached hydrogen (secondary N) is 1. The van der Waals surface area contributed by atoms with Crippen molar-refractivity contribution < 1.29 is 16.8 Å². The van der Waals surface area contributed by atoms with E-state index in [9.17, 15) is 16.8 Å². The Morgan fingerprint density at radius 3 is 2.50 bits per heavy atom. The topological polar surface area (TPSA) is 98.1 Å². The fourth-order valence-electron chi connectivity index (χ4n) is 0.919. The van der Waals surface area contributed by atoms with Crippen LogP contribution in [0.3, 0.4) is 0 Å². The van der Waals surface area contributed by atoms with Gasteiger partial charge >= 0.3 is 0 Å². The van der Waals surface area contributed by atoms with E-state index < -0.39 is 24.8 Å². The Hall–Kier alpha value is -0.640. The van der Waals surface area contributed by atoms with Crippen molar-refractivity contribution in [3.05, 3.63) is 12.4 Å². The highest BCUT2D eigenvalue weighted by molar-refractivity contribution is 8.13. The Balaban J connectivity index is 2.67. The summed E-state index contributed by atoms with van der Waals surface area (Å²) in [4.78, 5) is -0.0260. The first-order valence-electron chi connectivity index (χ1n) is 4.11. The molecule has 0 aliphatic heterocycles. The molecule has 0 spiro atoms. The monoisotopic (exact) mass is 287 g/mol. The van der Waals surface area contributed by atoms with Gasteiger partial charge < -0.3 is 0 Å². The summed E-state index contributed by atoms with van der Waals surface area (Å²) in [7, 11) is -0.913. The van der Waals surface area contributed by atoms with Crippen LogP contribution in [0, 0.1) is 0 Å². The van der Waals surface area contributed by atoms with E-state index in [0.717, 1.165) is 6.20 Å². The number of hydrogen-bond donors (Lipinski definition) is 1. The minimum atomic E-state index is -3.72. The number of sulfonamides is 1. The molecule has 16 heavy (non-hydrogen) atoms. The smallest absolute Gasteiger partial charge is 0.243 e. The van der Waals surface area contributed by atoms with Crippen LogP contribution in [-0.4, -0.2) is 38.9 Å². The van der Waals surface area contributed by atoms with Crippen LogP contribution in [0.4, 0.5) is 0 Å². The number of aromatic nitrogens is 2. The third-order valence-corrected chi connectivity index (χ3v) is 4.20. The summed E-state index contributed by atoms with van der Waals surface area (Å²) < 4.78 is 47.6. The molecule has 0 atom stereocenters. The van der Waals surface area contributed by atoms with Gasteiger partial charge in [0.05, 0.1) is 11.9 Å². The van der Waals surface area contributed by atoms with Crippen LogP contribution in [0.1, 0.15) is 0 Å². The van der Waals surface area contributed by atoms with Gasteiger partial charge in [0.2, 0.25) is 19.1 Å². The van der Waals surface area contributed by atoms with Crippen LogP contribution in [0.25, 0.3) is 0 Å². The molecule has 0 aliphatic carbocycles. The minimum absolute atomic E-state index is 0.0260. The molecular formula is C6H10ClN3O4S2. The molecule has 92 valence electrons. The lowest BCUT2D eigenvalue weighted by Crippen LogP contribution is -2.27. The molecule has 1 aromatic heterocycles. The second-order valence-corrected chi connectivity index (χ2v) is 7.65. The summed E-state index contributed by atoms with van der Waals surface area (Å²) >= 11 is 0. The van der Waals surface area contributed by atoms with Gasteiger partial charge in [0.15, 0.2) is 0 Å². The average molecular weight is 288 g/mol. The van der Waals surface area contributed by atoms with E-state index in [4.69, 9.17) is 10.7 Å². The van der Waals surface area contributed by atoms with Crippen LogP contribution in [0.15, 0.2) is 17.3 Å². The van der Waals surface area contributed by atoms with Crippen molar-refractivity contribution >= 4 is 29.8 Å². The lowest BCUT2D eigenvalue weighted by molar-refractivity contribution is 0.582. The molecule has 1 rings (SSSR count). The fourth-order valence-corrected chi connectivity index (χ4v) is 2.64. The van der Waals surface area contributed by atoms with Crippen molar-refractivity contribution in [3.63, 3.8) is 0 Å². The highest BCUT2D eigenvalue weighted by Crippen LogP contribution is 2.05. The Morgan fingerprint density at radius 2 is 2.06 bits per heavy atom. The van der Waals surface area contributed by atoms with E-state index in [1.807, 2.05) is 0 Å². The minimum Gasteiger partial charge on any atom is -0.274 e. The van der Waals surface area contributed by atoms with Crippen molar-refractivity contribution in [1.82, 2.24) is 14.5 Å². The normalized spacial score (nSPS) is 12.9. The van der Waals surface area contributed by atoms with E-state index in [-0.39, 0.29) is 11.4 Å². The number of aryl methyl sites for hydroxylation is 1. The second kappa shape index (κ2) is 4.70. The molecule has 0 saturated heterocycles. The maximum Gasteiger partial charge on any atom is 0.243 e. The summed E-state index contributed by atoms with van der Waals surface area (Å²) in [6, 6.07) is 0. The molecule has 1 aromatic rings. The zero-order chi connectivity index (χ0) is 12.4. The number of nitrogens with zero attached hydrogens (tertiary/aromatic N) is 2. The largest absolute Gasteiger partial charge is 0.274 e. The van der Waals surface area contributed by atoms with E-state index in [1.54, 1.807) is 7.05 Å². The summed E-state index contributed by atoms with van der Waals surface area (Å²) in [6.45, 7) is -0.275. The summed E-state index contributed by atoms with van der Waals surface area (Å²) in [6.07, 6.45) is 2.47. The molecule has 10 heteroatoms. The maximum absolute atomic E-state index is 11.5. The zero-order valence-electron chi connectivity index (χ0n) is 8.29. The standard InChI is InChI=1S/C6H10ClN3O4S2/c1-10-5-6(4-8-10)16(13,14)9-2-3-15(7,11)12/h4-5,9H,2-3H2,1H3. The molecule has 0 bridgehead atoms. The van der Waals surface area contributed by atoms with E-state index in [0.29, 0.717) is 0 Å². The van der Waals surface area contributed by atoms with Crippen molar-refractivity contribution in [1.29, 1.82) is 0 Å². The van der Waals surface area contributed by atoms with Gasteiger partial charge in [0.1, 0.15) is 4.90 Å². The Labute approximate surface area is 97.9 Å². The van der Waals surface area contributed by atoms with Crippen LogP contribution < -0.4 is 4.72 Å². The lowest BCUT2D eigenvalue weighted by atomic mass is 10.7. The molecule has 0 aliphatic rings. The fraction of sp³-hybridized carbons (Fsp3) is 0.500. The predicted octanol–water partition coefficient (Wildman–Crippen LogP) is -0.733. The van der Waals surface area contributed by atoms with Crippen molar-refractivity contribution in [2.75, 3.05) is 12.3 Å². The van der Waals surface area contributed by atoms with Gasteiger partial charge in [-0.1, -0.05) is 0 Å². The molecule has 1 N–H and O–H groups in total. The summed E-state index contributed by atoms with van der Waals surface area (Å²) in [5.41, 5.74) is 0. The number of rotatable bonds is 5. The van der Waals surface area contributed by atoms with E-state index in [1.165, 1.54) is 10.9 Å². The quantitative estimate of drug-likeness (QED) is 0.720. The number of hydrogen-bond acceptors (Lipinski definition) is 5. The van der Waals surface area contributed by atoms with Crippen LogP contribution in [0.5, 0.6) is 0 Å². The Bertz CT molecular complexity index is 562. The van der Waals surface area contributed by atoms with Crippen molar-refractivity contribution in [2.24, 2.45) is 7.05 Å². The molecule has 0 radical (unpaired) electrons. The van der Waals surface area contributed by atoms with Gasteiger partial charge in [-0.25, -0.2) is 21.6 Å². The first-order chi connectivity index (χ1) is 7.21. The molecule has 0 fully saturated rings. The summed E-state index contributed by atoms with van der Waals surface area (Å²) in [5.74, 6) is -0.464. The predicted molar refractivity (Wildman–Crippen MR) is 58.0 cm³/mol. The van der Waals surface area contributed by atoms with Gasteiger partial charge in [-0.05, 0) is 0 Å². The third kappa shape index (κ3) is 4.08. The molecule has 0 unspecified atom stereocenters. The van der Waals surface area contributed by atoms with Gasteiger partial charge in [-0.2, -0.15) is 5.10 Å². The molecule has 7 nitrogen and oxygen atoms in total. The maximum atomic E-state index is 11.5. The average Bonchev–Trinajstić information content (AvgIpc) is 2.49. The molecule has 0 saturated carbocycles. The van der Waals surface area contributed by atoms with Gasteiger partial charge in [0, 0.05) is 30.5 Å². The first-order valence-corrected chi connectivity index (χ1v) is 8.07. The van der Waals surface area contributed by atoms with Gasteiger partial charge in [0.25, 0.3) is 0 Å². The highest BCUT2D eigenvalue weighted by atomic mass is 35.7. The highest BCUT2D eigenvalue weighted by Gasteiger charge is 2.16. The van der Waals surface area contributed by atoms with Crippen LogP contribution in [-0.2, 0) is 26.1 Å². The van der Waals surface area contributed by atoms with Crippen LogP contribution in [0.2, 0.25) is 0 Å². The van der Waals surface area contributed by atoms with E-state index in [2.05, 4.69) is 9.82 Å². The summed E-state index contributed by atoms with van der Waals surface area (Å²) in [5, 5.41) is 3.69.